The number of para-hydroxylation sites is 1. The second kappa shape index (κ2) is 7.22. The van der Waals surface area contributed by atoms with Crippen molar-refractivity contribution < 1.29 is 14.6 Å². The molecule has 5 heteroatoms. The van der Waals surface area contributed by atoms with Gasteiger partial charge in [-0.05, 0) is 38.9 Å². The van der Waals surface area contributed by atoms with Crippen molar-refractivity contribution in [2.24, 2.45) is 0 Å². The third kappa shape index (κ3) is 3.48. The summed E-state index contributed by atoms with van der Waals surface area (Å²) in [5.74, 6) is 0.0737. The van der Waals surface area contributed by atoms with Crippen LogP contribution in [0.4, 0.5) is 5.69 Å². The van der Waals surface area contributed by atoms with Crippen molar-refractivity contribution in [3.63, 3.8) is 0 Å². The molecule has 1 aliphatic rings. The molecule has 3 unspecified atom stereocenters. The summed E-state index contributed by atoms with van der Waals surface area (Å²) in [6.07, 6.45) is 0.304. The molecule has 0 saturated heterocycles. The summed E-state index contributed by atoms with van der Waals surface area (Å²) < 4.78 is 4.94. The summed E-state index contributed by atoms with van der Waals surface area (Å²) in [4.78, 5) is 16.6. The Morgan fingerprint density at radius 2 is 2.18 bits per heavy atom. The van der Waals surface area contributed by atoms with E-state index in [1.165, 1.54) is 5.56 Å². The van der Waals surface area contributed by atoms with Gasteiger partial charge in [-0.3, -0.25) is 9.69 Å². The number of ether oxygens (including phenoxy) is 1. The van der Waals surface area contributed by atoms with Crippen molar-refractivity contribution in [1.82, 2.24) is 4.90 Å². The predicted molar refractivity (Wildman–Crippen MR) is 87.1 cm³/mol. The van der Waals surface area contributed by atoms with Crippen LogP contribution in [0.5, 0.6) is 0 Å². The van der Waals surface area contributed by atoms with Crippen LogP contribution in [-0.2, 0) is 16.0 Å². The van der Waals surface area contributed by atoms with Crippen LogP contribution in [0.2, 0.25) is 0 Å². The second-order valence-corrected chi connectivity index (χ2v) is 6.11. The fourth-order valence-electron chi connectivity index (χ4n) is 3.03. The van der Waals surface area contributed by atoms with E-state index in [9.17, 15) is 9.90 Å². The zero-order valence-corrected chi connectivity index (χ0v) is 13.8. The third-order valence-electron chi connectivity index (χ3n) is 4.32. The molecule has 5 nitrogen and oxygen atoms in total. The summed E-state index contributed by atoms with van der Waals surface area (Å²) in [6.45, 7) is 4.64. The molecule has 0 aliphatic carbocycles. The Hall–Kier alpha value is -1.43. The predicted octanol–water partition coefficient (Wildman–Crippen LogP) is 1.29. The number of nitrogens with zero attached hydrogens (tertiary/aromatic N) is 2. The molecule has 122 valence electrons. The molecule has 0 spiro atoms. The van der Waals surface area contributed by atoms with Crippen LogP contribution in [0.1, 0.15) is 19.4 Å². The van der Waals surface area contributed by atoms with E-state index in [-0.39, 0.29) is 24.6 Å². The highest BCUT2D eigenvalue weighted by Gasteiger charge is 2.34. The number of aliphatic hydroxyl groups excluding tert-OH is 1. The van der Waals surface area contributed by atoms with E-state index in [1.807, 2.05) is 42.0 Å². The normalized spacial score (nSPS) is 20.1. The highest BCUT2D eigenvalue weighted by molar-refractivity contribution is 5.99. The average molecular weight is 306 g/mol. The van der Waals surface area contributed by atoms with E-state index in [4.69, 9.17) is 4.74 Å². The Labute approximate surface area is 132 Å². The highest BCUT2D eigenvalue weighted by atomic mass is 16.5. The zero-order valence-electron chi connectivity index (χ0n) is 13.8. The molecule has 1 aromatic rings. The fraction of sp³-hybridized carbons (Fsp3) is 0.588. The molecule has 0 radical (unpaired) electrons. The Balaban J connectivity index is 2.07. The first kappa shape index (κ1) is 16.9. The van der Waals surface area contributed by atoms with Crippen molar-refractivity contribution in [3.8, 4) is 0 Å². The number of rotatable bonds is 6. The van der Waals surface area contributed by atoms with Gasteiger partial charge in [0.15, 0.2) is 0 Å². The van der Waals surface area contributed by atoms with Crippen LogP contribution in [0.3, 0.4) is 0 Å². The van der Waals surface area contributed by atoms with Crippen LogP contribution in [0.15, 0.2) is 24.3 Å². The first-order valence-corrected chi connectivity index (χ1v) is 7.74. The monoisotopic (exact) mass is 306 g/mol. The van der Waals surface area contributed by atoms with Crippen LogP contribution in [0.25, 0.3) is 0 Å². The Morgan fingerprint density at radius 3 is 2.86 bits per heavy atom. The van der Waals surface area contributed by atoms with Gasteiger partial charge in [0.1, 0.15) is 0 Å². The van der Waals surface area contributed by atoms with Crippen molar-refractivity contribution in [3.05, 3.63) is 29.8 Å². The molecule has 0 aromatic heterocycles. The number of fused-ring (bicyclic) bond motifs is 1. The molecule has 1 aliphatic heterocycles. The number of hydrogen-bond donors (Lipinski definition) is 1. The van der Waals surface area contributed by atoms with Crippen LogP contribution in [0, 0.1) is 0 Å². The van der Waals surface area contributed by atoms with E-state index in [1.54, 1.807) is 7.11 Å². The van der Waals surface area contributed by atoms with E-state index in [2.05, 4.69) is 13.0 Å². The van der Waals surface area contributed by atoms with Gasteiger partial charge < -0.3 is 14.7 Å². The van der Waals surface area contributed by atoms with Gasteiger partial charge in [-0.1, -0.05) is 18.2 Å². The summed E-state index contributed by atoms with van der Waals surface area (Å²) in [7, 11) is 3.41. The van der Waals surface area contributed by atoms with E-state index in [0.717, 1.165) is 12.1 Å². The summed E-state index contributed by atoms with van der Waals surface area (Å²) in [5, 5.41) is 9.83. The van der Waals surface area contributed by atoms with E-state index >= 15 is 0 Å². The smallest absolute Gasteiger partial charge is 0.244 e. The quantitative estimate of drug-likeness (QED) is 0.860. The molecule has 1 aromatic carbocycles. The Bertz CT molecular complexity index is 520. The van der Waals surface area contributed by atoms with E-state index in [0.29, 0.717) is 6.54 Å². The van der Waals surface area contributed by atoms with E-state index < -0.39 is 6.10 Å². The molecule has 3 atom stereocenters. The Kier molecular flexibility index (Phi) is 5.56. The van der Waals surface area contributed by atoms with Crippen molar-refractivity contribution >= 4 is 11.6 Å². The van der Waals surface area contributed by atoms with Crippen molar-refractivity contribution in [1.29, 1.82) is 0 Å². The number of carbonyl (C=O) groups is 1. The van der Waals surface area contributed by atoms with Gasteiger partial charge in [0.05, 0.1) is 18.8 Å². The maximum atomic E-state index is 12.9. The van der Waals surface area contributed by atoms with Crippen molar-refractivity contribution in [2.45, 2.75) is 38.5 Å². The molecule has 0 fully saturated rings. The van der Waals surface area contributed by atoms with Gasteiger partial charge in [0.25, 0.3) is 0 Å². The number of aliphatic hydroxyl groups is 1. The lowest BCUT2D eigenvalue weighted by Crippen LogP contribution is -2.49. The minimum absolute atomic E-state index is 0.0737. The summed E-state index contributed by atoms with van der Waals surface area (Å²) >= 11 is 0. The number of carbonyl (C=O) groups excluding carboxylic acids is 1. The van der Waals surface area contributed by atoms with Crippen LogP contribution in [-0.4, -0.2) is 61.4 Å². The van der Waals surface area contributed by atoms with Gasteiger partial charge in [-0.25, -0.2) is 0 Å². The highest BCUT2D eigenvalue weighted by Crippen LogP contribution is 2.32. The number of amides is 1. The lowest BCUT2D eigenvalue weighted by molar-refractivity contribution is -0.123. The SMILES string of the molecule is COCC(O)CN(C)C(C)C(=O)N1c2ccccc2CC1C. The largest absolute Gasteiger partial charge is 0.389 e. The summed E-state index contributed by atoms with van der Waals surface area (Å²) in [5.41, 5.74) is 2.23. The standard InChI is InChI=1S/C17H26N2O3/c1-12-9-14-7-5-6-8-16(14)19(12)17(21)13(2)18(3)10-15(20)11-22-4/h5-8,12-13,15,20H,9-11H2,1-4H3. The van der Waals surface area contributed by atoms with Gasteiger partial charge in [-0.2, -0.15) is 0 Å². The fourth-order valence-corrected chi connectivity index (χ4v) is 3.03. The second-order valence-electron chi connectivity index (χ2n) is 6.11. The topological polar surface area (TPSA) is 53.0 Å². The van der Waals surface area contributed by atoms with Gasteiger partial charge >= 0.3 is 0 Å². The number of likely N-dealkylation sites (N-methyl/N-ethyl adjacent to an activating group) is 1. The summed E-state index contributed by atoms with van der Waals surface area (Å²) in [6, 6.07) is 7.94. The molecule has 0 saturated carbocycles. The Morgan fingerprint density at radius 1 is 1.50 bits per heavy atom. The number of hydrogen-bond acceptors (Lipinski definition) is 4. The van der Waals surface area contributed by atoms with Gasteiger partial charge in [0, 0.05) is 25.4 Å². The lowest BCUT2D eigenvalue weighted by Gasteiger charge is -2.31. The number of methoxy groups -OCH3 is 1. The average Bonchev–Trinajstić information content (AvgIpc) is 2.81. The first-order valence-electron chi connectivity index (χ1n) is 7.74. The molecule has 2 rings (SSSR count). The lowest BCUT2D eigenvalue weighted by atomic mass is 10.1. The minimum atomic E-state index is -0.589. The molecular formula is C17H26N2O3. The minimum Gasteiger partial charge on any atom is -0.389 e. The first-order chi connectivity index (χ1) is 10.5. The molecular weight excluding hydrogens is 280 g/mol. The molecule has 22 heavy (non-hydrogen) atoms. The number of anilines is 1. The molecule has 1 N–H and O–H groups in total. The maximum absolute atomic E-state index is 12.9. The van der Waals surface area contributed by atoms with Gasteiger partial charge in [0.2, 0.25) is 5.91 Å². The number of benzene rings is 1. The molecule has 0 bridgehead atoms. The molecule has 1 heterocycles. The molecule has 1 amide bonds. The van der Waals surface area contributed by atoms with Crippen molar-refractivity contribution in [2.75, 3.05) is 32.2 Å². The van der Waals surface area contributed by atoms with Crippen LogP contribution >= 0.6 is 0 Å². The maximum Gasteiger partial charge on any atom is 0.244 e. The van der Waals surface area contributed by atoms with Crippen LogP contribution < -0.4 is 4.90 Å². The van der Waals surface area contributed by atoms with Gasteiger partial charge in [-0.15, -0.1) is 0 Å². The zero-order chi connectivity index (χ0) is 16.3. The third-order valence-corrected chi connectivity index (χ3v) is 4.32.